The van der Waals surface area contributed by atoms with Gasteiger partial charge in [0.25, 0.3) is 7.83 Å². The molecule has 1 aliphatic rings. The lowest BCUT2D eigenvalue weighted by atomic mass is 10.4. The molecule has 0 bridgehead atoms. The highest BCUT2D eigenvalue weighted by Gasteiger charge is 2.62. The molecule has 1 aliphatic heterocycles. The third-order valence-electron chi connectivity index (χ3n) is 6.51. The van der Waals surface area contributed by atoms with Gasteiger partial charge in [0.05, 0.1) is 0 Å². The normalized spacial score (nSPS) is 17.3. The van der Waals surface area contributed by atoms with Crippen LogP contribution in [0.1, 0.15) is 6.42 Å². The molecule has 3 heteroatoms. The van der Waals surface area contributed by atoms with Gasteiger partial charge in [-0.3, -0.25) is 0 Å². The standard InChI is InChI=1S/C27H26OSi2/c1-5-14-24(15-6-1)29(25-16-7-2-8-17-25)23-13-22-28-30(29,26-18-9-3-10-19-26)27-20-11-4-12-21-27/h1-12,14-21H,13,22-23H2. The van der Waals surface area contributed by atoms with Crippen molar-refractivity contribution in [3.63, 3.8) is 0 Å². The Balaban J connectivity index is 1.92. The predicted molar refractivity (Wildman–Crippen MR) is 131 cm³/mol. The molecule has 0 spiro atoms. The van der Waals surface area contributed by atoms with Crippen LogP contribution in [-0.4, -0.2) is 22.0 Å². The Kier molecular flexibility index (Phi) is 5.25. The summed E-state index contributed by atoms with van der Waals surface area (Å²) in [6.45, 7) is 0.838. The first kappa shape index (κ1) is 19.2. The molecule has 0 N–H and O–H groups in total. The molecule has 1 saturated heterocycles. The fourth-order valence-electron chi connectivity index (χ4n) is 5.34. The van der Waals surface area contributed by atoms with Crippen LogP contribution in [0.15, 0.2) is 121 Å². The Labute approximate surface area is 180 Å². The van der Waals surface area contributed by atoms with E-state index in [0.717, 1.165) is 13.0 Å². The van der Waals surface area contributed by atoms with Crippen LogP contribution < -0.4 is 20.7 Å². The predicted octanol–water partition coefficient (Wildman–Crippen LogP) is 3.51. The highest BCUT2D eigenvalue weighted by molar-refractivity contribution is 7.57. The Morgan fingerprint density at radius 3 is 1.23 bits per heavy atom. The molecule has 0 saturated carbocycles. The molecule has 0 aliphatic carbocycles. The first-order valence-corrected chi connectivity index (χ1v) is 15.9. The minimum Gasteiger partial charge on any atom is -0.410 e. The van der Waals surface area contributed by atoms with Gasteiger partial charge >= 0.3 is 0 Å². The van der Waals surface area contributed by atoms with E-state index in [4.69, 9.17) is 4.43 Å². The maximum Gasteiger partial charge on any atom is 0.250 e. The molecule has 0 atom stereocenters. The number of hydrogen-bond acceptors (Lipinski definition) is 1. The van der Waals surface area contributed by atoms with Gasteiger partial charge in [-0.05, 0) is 22.8 Å². The lowest BCUT2D eigenvalue weighted by Gasteiger charge is -2.51. The van der Waals surface area contributed by atoms with Crippen molar-refractivity contribution >= 4 is 36.2 Å². The zero-order valence-electron chi connectivity index (χ0n) is 17.1. The van der Waals surface area contributed by atoms with Crippen LogP contribution in [0.2, 0.25) is 6.04 Å². The van der Waals surface area contributed by atoms with E-state index in [2.05, 4.69) is 121 Å². The monoisotopic (exact) mass is 422 g/mol. The minimum atomic E-state index is -2.56. The molecule has 4 aromatic rings. The molecule has 5 rings (SSSR count). The zero-order valence-corrected chi connectivity index (χ0v) is 19.1. The Bertz CT molecular complexity index is 913. The maximum atomic E-state index is 7.16. The fourth-order valence-corrected chi connectivity index (χ4v) is 23.3. The molecule has 148 valence electrons. The molecule has 4 aromatic carbocycles. The van der Waals surface area contributed by atoms with E-state index in [1.54, 1.807) is 0 Å². The van der Waals surface area contributed by atoms with Gasteiger partial charge in [-0.15, -0.1) is 0 Å². The van der Waals surface area contributed by atoms with E-state index in [1.165, 1.54) is 26.8 Å². The summed E-state index contributed by atoms with van der Waals surface area (Å²) in [5, 5.41) is 5.79. The summed E-state index contributed by atoms with van der Waals surface area (Å²) in [7, 11) is -4.84. The molecule has 0 amide bonds. The Hall–Kier alpha value is -2.73. The summed E-state index contributed by atoms with van der Waals surface area (Å²) < 4.78 is 7.16. The van der Waals surface area contributed by atoms with Gasteiger partial charge in [0.2, 0.25) is 0 Å². The summed E-state index contributed by atoms with van der Waals surface area (Å²) >= 11 is 0. The highest BCUT2D eigenvalue weighted by atomic mass is 29.3. The summed E-state index contributed by atoms with van der Waals surface area (Å²) in [4.78, 5) is 0. The van der Waals surface area contributed by atoms with Gasteiger partial charge in [-0.1, -0.05) is 132 Å². The SMILES string of the molecule is c1ccc([Si]2(c3ccccc3)CCCO[Si]2(c2ccccc2)c2ccccc2)cc1. The van der Waals surface area contributed by atoms with E-state index in [-0.39, 0.29) is 0 Å². The second-order valence-corrected chi connectivity index (χ2v) is 18.9. The van der Waals surface area contributed by atoms with Gasteiger partial charge in [-0.25, -0.2) is 0 Å². The smallest absolute Gasteiger partial charge is 0.250 e. The van der Waals surface area contributed by atoms with E-state index in [1.807, 2.05) is 0 Å². The molecule has 1 fully saturated rings. The topological polar surface area (TPSA) is 9.23 Å². The quantitative estimate of drug-likeness (QED) is 0.457. The minimum absolute atomic E-state index is 0.838. The molecule has 0 aromatic heterocycles. The molecule has 1 nitrogen and oxygen atoms in total. The molecule has 30 heavy (non-hydrogen) atoms. The van der Waals surface area contributed by atoms with Crippen molar-refractivity contribution in [2.45, 2.75) is 12.5 Å². The Morgan fingerprint density at radius 1 is 0.467 bits per heavy atom. The summed E-state index contributed by atoms with van der Waals surface area (Å²) in [5.41, 5.74) is 0. The second kappa shape index (κ2) is 8.19. The van der Waals surface area contributed by atoms with Gasteiger partial charge in [0.1, 0.15) is 0 Å². The van der Waals surface area contributed by atoms with Crippen LogP contribution >= 0.6 is 0 Å². The number of rotatable bonds is 4. The molecule has 1 heterocycles. The van der Waals surface area contributed by atoms with Crippen molar-refractivity contribution in [3.05, 3.63) is 121 Å². The van der Waals surface area contributed by atoms with Crippen molar-refractivity contribution in [1.82, 2.24) is 0 Å². The van der Waals surface area contributed by atoms with Crippen molar-refractivity contribution in [1.29, 1.82) is 0 Å². The lowest BCUT2D eigenvalue weighted by Crippen LogP contribution is -2.88. The summed E-state index contributed by atoms with van der Waals surface area (Å²) in [5.74, 6) is 0. The van der Waals surface area contributed by atoms with Crippen LogP contribution in [0.3, 0.4) is 0 Å². The summed E-state index contributed by atoms with van der Waals surface area (Å²) in [6, 6.07) is 46.0. The summed E-state index contributed by atoms with van der Waals surface area (Å²) in [6.07, 6.45) is 1.12. The van der Waals surface area contributed by atoms with Crippen LogP contribution in [0.4, 0.5) is 0 Å². The van der Waals surface area contributed by atoms with E-state index < -0.39 is 15.4 Å². The average Bonchev–Trinajstić information content (AvgIpc) is 2.86. The van der Waals surface area contributed by atoms with Crippen molar-refractivity contribution in [3.8, 4) is 0 Å². The van der Waals surface area contributed by atoms with E-state index in [0.29, 0.717) is 0 Å². The lowest BCUT2D eigenvalue weighted by molar-refractivity contribution is 0.316. The van der Waals surface area contributed by atoms with Crippen LogP contribution in [0.25, 0.3) is 0 Å². The van der Waals surface area contributed by atoms with E-state index >= 15 is 0 Å². The number of hydrogen-bond donors (Lipinski definition) is 0. The number of benzene rings is 4. The van der Waals surface area contributed by atoms with Crippen LogP contribution in [-0.2, 0) is 4.43 Å². The maximum absolute atomic E-state index is 7.16. The van der Waals surface area contributed by atoms with Crippen molar-refractivity contribution < 1.29 is 4.43 Å². The first-order valence-electron chi connectivity index (χ1n) is 10.7. The third-order valence-corrected chi connectivity index (χ3v) is 22.6. The molecular weight excluding hydrogens is 396 g/mol. The van der Waals surface area contributed by atoms with Gasteiger partial charge in [0.15, 0.2) is 7.59 Å². The van der Waals surface area contributed by atoms with Gasteiger partial charge in [-0.2, -0.15) is 0 Å². The van der Waals surface area contributed by atoms with Crippen LogP contribution in [0, 0.1) is 0 Å². The third kappa shape index (κ3) is 2.93. The zero-order chi connectivity index (χ0) is 20.3. The van der Waals surface area contributed by atoms with Crippen molar-refractivity contribution in [2.24, 2.45) is 0 Å². The highest BCUT2D eigenvalue weighted by Crippen LogP contribution is 2.31. The second-order valence-electron chi connectivity index (χ2n) is 8.00. The molecule has 0 radical (unpaired) electrons. The van der Waals surface area contributed by atoms with E-state index in [9.17, 15) is 0 Å². The first-order chi connectivity index (χ1) is 14.9. The van der Waals surface area contributed by atoms with Crippen LogP contribution in [0.5, 0.6) is 0 Å². The average molecular weight is 423 g/mol. The molecular formula is C27H26OSi2. The van der Waals surface area contributed by atoms with Gasteiger partial charge in [0, 0.05) is 6.61 Å². The fraction of sp³-hybridized carbons (Fsp3) is 0.111. The van der Waals surface area contributed by atoms with Crippen molar-refractivity contribution in [2.75, 3.05) is 6.61 Å². The Morgan fingerprint density at radius 2 is 0.833 bits per heavy atom. The largest absolute Gasteiger partial charge is 0.410 e. The van der Waals surface area contributed by atoms with Gasteiger partial charge < -0.3 is 4.43 Å². The molecule has 0 unspecified atom stereocenters.